The van der Waals surface area contributed by atoms with Crippen LogP contribution in [0.25, 0.3) is 71.0 Å². The fourth-order valence-electron chi connectivity index (χ4n) is 12.7. The lowest BCUT2D eigenvalue weighted by Crippen LogP contribution is -2.30. The van der Waals surface area contributed by atoms with E-state index in [2.05, 4.69) is 198 Å². The summed E-state index contributed by atoms with van der Waals surface area (Å²) in [7, 11) is 0. The highest BCUT2D eigenvalue weighted by Gasteiger charge is 2.57. The van der Waals surface area contributed by atoms with Gasteiger partial charge in [-0.05, 0) is 122 Å². The van der Waals surface area contributed by atoms with Crippen LogP contribution in [0.3, 0.4) is 0 Å². The lowest BCUT2D eigenvalue weighted by atomic mass is 9.67. The minimum Gasteiger partial charge on any atom is -0.456 e. The van der Waals surface area contributed by atoms with Gasteiger partial charge in [-0.15, -0.1) is 0 Å². The summed E-state index contributed by atoms with van der Waals surface area (Å²) in [6.07, 6.45) is 2.45. The van der Waals surface area contributed by atoms with Gasteiger partial charge in [0.25, 0.3) is 0 Å². The molecular weight excluding hydrogens is 887 g/mol. The highest BCUT2D eigenvalue weighted by atomic mass is 19.1. The molecule has 0 bridgehead atoms. The second kappa shape index (κ2) is 15.5. The number of furan rings is 1. The molecule has 340 valence electrons. The molecule has 3 aliphatic rings. The summed E-state index contributed by atoms with van der Waals surface area (Å²) in [4.78, 5) is 4.77. The molecule has 1 heterocycles. The van der Waals surface area contributed by atoms with Gasteiger partial charge in [0.15, 0.2) is 0 Å². The number of hydrogen-bond donors (Lipinski definition) is 0. The molecule has 0 saturated heterocycles. The Kier molecular flexibility index (Phi) is 8.76. The summed E-state index contributed by atoms with van der Waals surface area (Å²) in [5.41, 5.74) is 13.4. The zero-order chi connectivity index (χ0) is 47.7. The van der Waals surface area contributed by atoms with Crippen molar-refractivity contribution < 1.29 is 13.2 Å². The highest BCUT2D eigenvalue weighted by molar-refractivity contribution is 6.21. The van der Waals surface area contributed by atoms with Crippen LogP contribution in [0.1, 0.15) is 28.7 Å². The predicted molar refractivity (Wildman–Crippen MR) is 293 cm³/mol. The Labute approximate surface area is 414 Å². The Morgan fingerprint density at radius 1 is 0.458 bits per heavy atom. The average molecular weight is 929 g/mol. The minimum atomic E-state index is -1.27. The van der Waals surface area contributed by atoms with Gasteiger partial charge in [0.2, 0.25) is 0 Å². The van der Waals surface area contributed by atoms with Crippen molar-refractivity contribution in [1.29, 1.82) is 0 Å². The van der Waals surface area contributed by atoms with E-state index < -0.39 is 11.6 Å². The van der Waals surface area contributed by atoms with Crippen molar-refractivity contribution in [3.05, 3.63) is 270 Å². The van der Waals surface area contributed by atoms with E-state index in [0.29, 0.717) is 5.58 Å². The van der Waals surface area contributed by atoms with Gasteiger partial charge >= 0.3 is 0 Å². The molecular formula is C67H42F2N2O. The Hall–Kier alpha value is -9.06. The van der Waals surface area contributed by atoms with E-state index in [1.807, 2.05) is 30.3 Å². The Bertz CT molecular complexity index is 4300. The zero-order valence-electron chi connectivity index (χ0n) is 38.9. The molecule has 1 aromatic heterocycles. The lowest BCUT2D eigenvalue weighted by molar-refractivity contribution is 0.387. The Morgan fingerprint density at radius 2 is 1.03 bits per heavy atom. The van der Waals surface area contributed by atoms with Crippen LogP contribution in [0.2, 0.25) is 0 Å². The standard InChI is InChI=1S/C67H42F2N2O/c68-43-33-35-49-50-36-34-44(69)38-56(50)67(55(49)37-43)57-40-60(70(45-21-3-1-4-22-45)58-30-15-19-41-17-7-9-25-47(41)58)51-27-11-12-29-53(51)63(57)64-61(39-54-52-28-13-14-32-62(52)72-66(54)65(64)67)71(46-23-5-2-6-24-46)59-31-16-20-42-18-8-10-26-48(42)59/h1-37,39-40,44H,38H2. The topological polar surface area (TPSA) is 19.6 Å². The van der Waals surface area contributed by atoms with Crippen LogP contribution in [-0.2, 0) is 5.41 Å². The number of para-hydroxylation sites is 3. The van der Waals surface area contributed by atoms with Gasteiger partial charge in [-0.25, -0.2) is 8.78 Å². The molecule has 2 atom stereocenters. The molecule has 0 saturated carbocycles. The summed E-state index contributed by atoms with van der Waals surface area (Å²) in [6.45, 7) is 0. The van der Waals surface area contributed by atoms with Crippen molar-refractivity contribution in [3.63, 3.8) is 0 Å². The molecule has 0 amide bonds. The first-order valence-electron chi connectivity index (χ1n) is 24.6. The second-order valence-corrected chi connectivity index (χ2v) is 19.2. The molecule has 1 spiro atoms. The molecule has 3 nitrogen and oxygen atoms in total. The molecule has 11 aromatic carbocycles. The number of benzene rings is 11. The Balaban J connectivity index is 1.18. The van der Waals surface area contributed by atoms with Gasteiger partial charge < -0.3 is 14.2 Å². The fourth-order valence-corrected chi connectivity index (χ4v) is 12.7. The number of halogens is 2. The second-order valence-electron chi connectivity index (χ2n) is 19.2. The van der Waals surface area contributed by atoms with Gasteiger partial charge in [0, 0.05) is 55.9 Å². The van der Waals surface area contributed by atoms with Crippen molar-refractivity contribution in [1.82, 2.24) is 0 Å². The maximum absolute atomic E-state index is 16.8. The van der Waals surface area contributed by atoms with Gasteiger partial charge in [-0.1, -0.05) is 164 Å². The molecule has 2 unspecified atom stereocenters. The van der Waals surface area contributed by atoms with Crippen molar-refractivity contribution in [3.8, 4) is 11.1 Å². The summed E-state index contributed by atoms with van der Waals surface area (Å²) < 4.78 is 40.8. The summed E-state index contributed by atoms with van der Waals surface area (Å²) >= 11 is 0. The monoisotopic (exact) mass is 928 g/mol. The maximum atomic E-state index is 16.8. The van der Waals surface area contributed by atoms with Crippen LogP contribution in [0.5, 0.6) is 0 Å². The first kappa shape index (κ1) is 40.8. The van der Waals surface area contributed by atoms with Crippen LogP contribution in [0.15, 0.2) is 247 Å². The molecule has 72 heavy (non-hydrogen) atoms. The van der Waals surface area contributed by atoms with Crippen LogP contribution in [0.4, 0.5) is 42.9 Å². The van der Waals surface area contributed by atoms with E-state index in [1.54, 1.807) is 18.2 Å². The third-order valence-corrected chi connectivity index (χ3v) is 15.5. The number of nitrogens with zero attached hydrogens (tertiary/aromatic N) is 2. The molecule has 0 aliphatic heterocycles. The summed E-state index contributed by atoms with van der Waals surface area (Å²) in [5, 5.41) is 8.35. The van der Waals surface area contributed by atoms with E-state index in [4.69, 9.17) is 4.42 Å². The minimum absolute atomic E-state index is 0.118. The third kappa shape index (κ3) is 5.65. The van der Waals surface area contributed by atoms with E-state index in [1.165, 1.54) is 0 Å². The first-order valence-corrected chi connectivity index (χ1v) is 24.6. The van der Waals surface area contributed by atoms with Crippen LogP contribution < -0.4 is 9.80 Å². The number of hydrogen-bond acceptors (Lipinski definition) is 3. The van der Waals surface area contributed by atoms with E-state index in [0.717, 1.165) is 127 Å². The molecule has 5 heteroatoms. The van der Waals surface area contributed by atoms with Gasteiger partial charge in [-0.3, -0.25) is 0 Å². The summed E-state index contributed by atoms with van der Waals surface area (Å²) in [6, 6.07) is 77.9. The maximum Gasteiger partial charge on any atom is 0.140 e. The zero-order valence-corrected chi connectivity index (χ0v) is 38.9. The van der Waals surface area contributed by atoms with E-state index in [-0.39, 0.29) is 12.2 Å². The SMILES string of the molecule is Fc1ccc2c(c1)C1(C3=C2C=CC(F)C3)c2cc(N(c3ccccc3)c3cccc4ccccc34)c3ccccc3c2-c2c(N(c3ccccc3)c3cccc4ccccc34)cc3c(oc4ccccc43)c21. The number of fused-ring (bicyclic) bond motifs is 17. The quantitative estimate of drug-likeness (QED) is 0.166. The van der Waals surface area contributed by atoms with Gasteiger partial charge in [-0.2, -0.15) is 0 Å². The third-order valence-electron chi connectivity index (χ3n) is 15.5. The lowest BCUT2D eigenvalue weighted by Gasteiger charge is -2.35. The molecule has 15 rings (SSSR count). The van der Waals surface area contributed by atoms with E-state index in [9.17, 15) is 0 Å². The van der Waals surface area contributed by atoms with Crippen LogP contribution in [-0.4, -0.2) is 6.17 Å². The van der Waals surface area contributed by atoms with Crippen LogP contribution in [0, 0.1) is 5.82 Å². The van der Waals surface area contributed by atoms with E-state index >= 15 is 8.78 Å². The molecule has 12 aromatic rings. The van der Waals surface area contributed by atoms with Gasteiger partial charge in [0.05, 0.1) is 28.2 Å². The number of alkyl halides is 1. The number of allylic oxidation sites excluding steroid dienone is 4. The smallest absolute Gasteiger partial charge is 0.140 e. The van der Waals surface area contributed by atoms with Gasteiger partial charge in [0.1, 0.15) is 23.2 Å². The molecule has 3 aliphatic carbocycles. The van der Waals surface area contributed by atoms with Crippen molar-refractivity contribution in [2.45, 2.75) is 18.0 Å². The largest absolute Gasteiger partial charge is 0.456 e. The summed E-state index contributed by atoms with van der Waals surface area (Å²) in [5.74, 6) is -0.356. The number of anilines is 6. The average Bonchev–Trinajstić information content (AvgIpc) is 4.05. The van der Waals surface area contributed by atoms with Crippen molar-refractivity contribution in [2.75, 3.05) is 9.80 Å². The van der Waals surface area contributed by atoms with Crippen LogP contribution >= 0.6 is 0 Å². The Morgan fingerprint density at radius 3 is 1.71 bits per heavy atom. The number of rotatable bonds is 6. The fraction of sp³-hybridized carbons (Fsp3) is 0.0448. The molecule has 0 fully saturated rings. The molecule has 0 N–H and O–H groups in total. The van der Waals surface area contributed by atoms with Crippen molar-refractivity contribution in [2.24, 2.45) is 0 Å². The van der Waals surface area contributed by atoms with Crippen molar-refractivity contribution >= 4 is 94.0 Å². The predicted octanol–water partition coefficient (Wildman–Crippen LogP) is 18.5. The molecule has 0 radical (unpaired) electrons. The highest BCUT2D eigenvalue weighted by Crippen LogP contribution is 2.69. The normalized spacial score (nSPS) is 16.5. The first-order chi connectivity index (χ1) is 35.6.